The van der Waals surface area contributed by atoms with Gasteiger partial charge in [-0.15, -0.1) is 0 Å². The van der Waals surface area contributed by atoms with E-state index in [1.165, 1.54) is 24.3 Å². The minimum absolute atomic E-state index is 0.153. The average Bonchev–Trinajstić information content (AvgIpc) is 3.14. The van der Waals surface area contributed by atoms with Gasteiger partial charge in [0.15, 0.2) is 0 Å². The van der Waals surface area contributed by atoms with E-state index in [0.717, 1.165) is 17.7 Å². The van der Waals surface area contributed by atoms with Crippen molar-refractivity contribution in [2.45, 2.75) is 23.4 Å². The predicted octanol–water partition coefficient (Wildman–Crippen LogP) is 5.99. The Kier molecular flexibility index (Phi) is 6.37. The minimum atomic E-state index is -5.93. The molecule has 0 fully saturated rings. The van der Waals surface area contributed by atoms with E-state index in [1.54, 1.807) is 41.9 Å². The Hall–Kier alpha value is -3.72. The van der Waals surface area contributed by atoms with Crippen molar-refractivity contribution in [3.63, 3.8) is 0 Å². The maximum absolute atomic E-state index is 12.9. The summed E-state index contributed by atoms with van der Waals surface area (Å²) >= 11 is 0. The molecule has 7 nitrogen and oxygen atoms in total. The van der Waals surface area contributed by atoms with E-state index in [9.17, 15) is 43.2 Å². The number of aryl methyl sites for hydroxylation is 1. The van der Waals surface area contributed by atoms with Crippen LogP contribution in [0, 0.1) is 0 Å². The molecule has 212 valence electrons. The molecule has 1 aliphatic carbocycles. The van der Waals surface area contributed by atoms with Crippen molar-refractivity contribution in [3.8, 4) is 22.8 Å². The van der Waals surface area contributed by atoms with Gasteiger partial charge in [-0.05, 0) is 59.5 Å². The second-order valence-corrected chi connectivity index (χ2v) is 12.0. The van der Waals surface area contributed by atoms with Crippen LogP contribution in [0.4, 0.5) is 26.3 Å². The molecule has 5 rings (SSSR count). The number of fused-ring (bicyclic) bond motifs is 5. The van der Waals surface area contributed by atoms with Crippen LogP contribution in [0.25, 0.3) is 22.2 Å². The summed E-state index contributed by atoms with van der Waals surface area (Å²) in [5, 5.41) is 0.395. The number of hydrogen-bond donors (Lipinski definition) is 0. The highest BCUT2D eigenvalue weighted by Crippen LogP contribution is 2.49. The summed E-state index contributed by atoms with van der Waals surface area (Å²) in [4.78, 5) is 0. The van der Waals surface area contributed by atoms with Gasteiger partial charge in [-0.2, -0.15) is 43.2 Å². The third-order valence-electron chi connectivity index (χ3n) is 6.50. The normalized spacial score (nSPS) is 15.9. The van der Waals surface area contributed by atoms with Crippen LogP contribution in [0.5, 0.6) is 11.5 Å². The fourth-order valence-corrected chi connectivity index (χ4v) is 5.75. The first-order valence-electron chi connectivity index (χ1n) is 11.3. The lowest BCUT2D eigenvalue weighted by molar-refractivity contribution is -0.0504. The molecule has 0 radical (unpaired) electrons. The molecule has 0 N–H and O–H groups in total. The number of aromatic nitrogens is 1. The zero-order chi connectivity index (χ0) is 29.3. The van der Waals surface area contributed by atoms with Crippen LogP contribution in [0.1, 0.15) is 22.6 Å². The Morgan fingerprint density at radius 1 is 0.775 bits per heavy atom. The van der Waals surface area contributed by atoms with Gasteiger partial charge in [-0.1, -0.05) is 30.3 Å². The second kappa shape index (κ2) is 9.16. The van der Waals surface area contributed by atoms with Gasteiger partial charge in [-0.25, -0.2) is 0 Å². The number of benzene rings is 3. The fraction of sp³-hybridized carbons (Fsp3) is 0.200. The topological polar surface area (TPSA) is 91.7 Å². The molecule has 1 aliphatic rings. The number of halogens is 6. The van der Waals surface area contributed by atoms with Gasteiger partial charge in [0.25, 0.3) is 0 Å². The summed E-state index contributed by atoms with van der Waals surface area (Å²) in [5.41, 5.74) is -7.88. The Balaban J connectivity index is 1.70. The van der Waals surface area contributed by atoms with Crippen LogP contribution in [-0.2, 0) is 33.7 Å². The number of alkyl halides is 6. The molecule has 1 heterocycles. The molecule has 0 saturated carbocycles. The van der Waals surface area contributed by atoms with E-state index in [0.29, 0.717) is 33.3 Å². The van der Waals surface area contributed by atoms with Gasteiger partial charge in [0.05, 0.1) is 5.69 Å². The molecular formula is C25H17F6NO6S2. The molecule has 3 aromatic carbocycles. The van der Waals surface area contributed by atoms with Crippen LogP contribution in [0.3, 0.4) is 0 Å². The van der Waals surface area contributed by atoms with E-state index in [4.69, 9.17) is 0 Å². The van der Waals surface area contributed by atoms with Crippen LogP contribution in [-0.4, -0.2) is 32.4 Å². The van der Waals surface area contributed by atoms with Crippen molar-refractivity contribution >= 4 is 31.1 Å². The molecule has 0 aliphatic heterocycles. The van der Waals surface area contributed by atoms with Crippen LogP contribution in [0.15, 0.2) is 66.7 Å². The van der Waals surface area contributed by atoms with Gasteiger partial charge >= 0.3 is 31.3 Å². The molecule has 1 atom stereocenters. The maximum Gasteiger partial charge on any atom is 0.534 e. The van der Waals surface area contributed by atoms with Crippen molar-refractivity contribution in [2.75, 3.05) is 0 Å². The van der Waals surface area contributed by atoms with Gasteiger partial charge in [0, 0.05) is 29.4 Å². The number of nitrogens with zero attached hydrogens (tertiary/aromatic N) is 1. The first-order chi connectivity index (χ1) is 18.5. The molecule has 15 heteroatoms. The molecule has 0 amide bonds. The van der Waals surface area contributed by atoms with Gasteiger partial charge in [0.1, 0.15) is 11.5 Å². The first-order valence-corrected chi connectivity index (χ1v) is 14.1. The van der Waals surface area contributed by atoms with Crippen LogP contribution >= 0.6 is 0 Å². The van der Waals surface area contributed by atoms with Gasteiger partial charge in [0.2, 0.25) is 0 Å². The van der Waals surface area contributed by atoms with Crippen molar-refractivity contribution in [1.82, 2.24) is 4.57 Å². The quantitative estimate of drug-likeness (QED) is 0.158. The zero-order valence-corrected chi connectivity index (χ0v) is 21.7. The monoisotopic (exact) mass is 605 g/mol. The molecule has 1 unspecified atom stereocenters. The van der Waals surface area contributed by atoms with Gasteiger partial charge in [-0.3, -0.25) is 0 Å². The molecular weight excluding hydrogens is 588 g/mol. The molecule has 0 bridgehead atoms. The first kappa shape index (κ1) is 27.8. The predicted molar refractivity (Wildman–Crippen MR) is 132 cm³/mol. The molecule has 0 saturated heterocycles. The van der Waals surface area contributed by atoms with Crippen molar-refractivity contribution in [3.05, 3.63) is 83.4 Å². The van der Waals surface area contributed by atoms with E-state index in [2.05, 4.69) is 8.37 Å². The summed E-state index contributed by atoms with van der Waals surface area (Å²) in [6, 6.07) is 16.1. The Labute approximate surface area is 223 Å². The lowest BCUT2D eigenvalue weighted by Gasteiger charge is -2.27. The summed E-state index contributed by atoms with van der Waals surface area (Å²) in [5.74, 6) is -1.61. The smallest absolute Gasteiger partial charge is 0.376 e. The lowest BCUT2D eigenvalue weighted by atomic mass is 9.77. The Morgan fingerprint density at radius 2 is 1.32 bits per heavy atom. The third kappa shape index (κ3) is 4.66. The van der Waals surface area contributed by atoms with Crippen LogP contribution in [0.2, 0.25) is 0 Å². The summed E-state index contributed by atoms with van der Waals surface area (Å²) in [6.07, 6.45) is 0.153. The van der Waals surface area contributed by atoms with E-state index >= 15 is 0 Å². The van der Waals surface area contributed by atoms with E-state index in [-0.39, 0.29) is 6.42 Å². The third-order valence-corrected chi connectivity index (χ3v) is 8.45. The molecule has 40 heavy (non-hydrogen) atoms. The average molecular weight is 606 g/mol. The largest absolute Gasteiger partial charge is 0.534 e. The summed E-state index contributed by atoms with van der Waals surface area (Å²) in [7, 11) is -10.2. The van der Waals surface area contributed by atoms with E-state index < -0.39 is 48.7 Å². The van der Waals surface area contributed by atoms with E-state index in [1.807, 2.05) is 0 Å². The summed E-state index contributed by atoms with van der Waals surface area (Å²) in [6.45, 7) is 0. The SMILES string of the molecule is Cn1c2c(c3cc(OS(=O)(=O)C(F)(F)F)ccc31)C(c1ccccc1)Cc1cc(OS(=O)(=O)C(F)(F)F)ccc1-2. The van der Waals surface area contributed by atoms with Crippen molar-refractivity contribution in [1.29, 1.82) is 0 Å². The highest BCUT2D eigenvalue weighted by Gasteiger charge is 2.49. The highest BCUT2D eigenvalue weighted by molar-refractivity contribution is 7.88. The zero-order valence-electron chi connectivity index (χ0n) is 20.1. The highest BCUT2D eigenvalue weighted by atomic mass is 32.2. The standard InChI is InChI=1S/C25H17F6NO6S2/c1-32-21-10-8-17(38-40(35,36)25(29,30)31)13-20(21)22-19(14-5-3-2-4-6-14)12-15-11-16(7-9-18(15)23(22)32)37-39(33,34)24(26,27)28/h2-11,13,19H,12H2,1H3. The minimum Gasteiger partial charge on any atom is -0.376 e. The molecule has 0 spiro atoms. The number of hydrogen-bond acceptors (Lipinski definition) is 6. The lowest BCUT2D eigenvalue weighted by Crippen LogP contribution is -2.28. The van der Waals surface area contributed by atoms with Gasteiger partial charge < -0.3 is 12.9 Å². The second-order valence-electron chi connectivity index (χ2n) is 8.95. The molecule has 4 aromatic rings. The fourth-order valence-electron chi connectivity index (χ4n) is 4.84. The number of rotatable bonds is 5. The maximum atomic E-state index is 12.9. The Morgan fingerprint density at radius 3 is 1.90 bits per heavy atom. The van der Waals surface area contributed by atoms with Crippen LogP contribution < -0.4 is 8.37 Å². The van der Waals surface area contributed by atoms with Crippen molar-refractivity contribution in [2.24, 2.45) is 7.05 Å². The molecule has 1 aromatic heterocycles. The Bertz CT molecular complexity index is 1850. The van der Waals surface area contributed by atoms with Crippen molar-refractivity contribution < 1.29 is 51.5 Å². The summed E-state index contributed by atoms with van der Waals surface area (Å²) < 4.78 is 134.